The van der Waals surface area contributed by atoms with Crippen LogP contribution in [0.2, 0.25) is 10.2 Å². The molecule has 17 heavy (non-hydrogen) atoms. The highest BCUT2D eigenvalue weighted by molar-refractivity contribution is 9.10. The average Bonchev–Trinajstić information content (AvgIpc) is 2.28. The maximum absolute atomic E-state index is 5.86. The highest BCUT2D eigenvalue weighted by Gasteiger charge is 2.10. The summed E-state index contributed by atoms with van der Waals surface area (Å²) < 4.78 is 6.16. The van der Waals surface area contributed by atoms with Crippen LogP contribution in [0.4, 0.5) is 0 Å². The molecule has 1 aromatic heterocycles. The molecular weight excluding hydrogens is 327 g/mol. The van der Waals surface area contributed by atoms with Gasteiger partial charge in [0.25, 0.3) is 0 Å². The first-order chi connectivity index (χ1) is 8.08. The van der Waals surface area contributed by atoms with Gasteiger partial charge in [-0.15, -0.1) is 0 Å². The highest BCUT2D eigenvalue weighted by atomic mass is 79.9. The maximum Gasteiger partial charge on any atom is 0.238 e. The zero-order valence-electron chi connectivity index (χ0n) is 8.75. The first-order valence-corrected chi connectivity index (χ1v) is 6.23. The van der Waals surface area contributed by atoms with Gasteiger partial charge < -0.3 is 4.74 Å². The molecule has 0 fully saturated rings. The molecule has 0 unspecified atom stereocenters. The van der Waals surface area contributed by atoms with E-state index >= 15 is 0 Å². The minimum absolute atomic E-state index is 0.307. The van der Waals surface area contributed by atoms with Gasteiger partial charge >= 0.3 is 0 Å². The van der Waals surface area contributed by atoms with Crippen molar-refractivity contribution in [3.8, 4) is 11.6 Å². The molecule has 0 saturated heterocycles. The number of benzene rings is 1. The summed E-state index contributed by atoms with van der Waals surface area (Å²) >= 11 is 15.0. The van der Waals surface area contributed by atoms with Gasteiger partial charge in [0.2, 0.25) is 5.88 Å². The predicted molar refractivity (Wildman–Crippen MR) is 71.0 cm³/mol. The van der Waals surface area contributed by atoms with E-state index in [1.807, 2.05) is 13.0 Å². The lowest BCUT2D eigenvalue weighted by Crippen LogP contribution is -1.93. The highest BCUT2D eigenvalue weighted by Crippen LogP contribution is 2.33. The van der Waals surface area contributed by atoms with Crippen molar-refractivity contribution in [1.29, 1.82) is 0 Å². The Kier molecular flexibility index (Phi) is 3.86. The van der Waals surface area contributed by atoms with Crippen LogP contribution in [-0.4, -0.2) is 9.97 Å². The Morgan fingerprint density at radius 3 is 2.71 bits per heavy atom. The molecule has 0 aliphatic carbocycles. The minimum Gasteiger partial charge on any atom is -0.437 e. The number of halogens is 3. The second kappa shape index (κ2) is 5.21. The number of aryl methyl sites for hydroxylation is 1. The molecule has 0 bridgehead atoms. The molecule has 0 aliphatic heterocycles. The smallest absolute Gasteiger partial charge is 0.238 e. The molecule has 2 aromatic rings. The molecule has 6 heteroatoms. The van der Waals surface area contributed by atoms with Crippen molar-refractivity contribution in [2.24, 2.45) is 0 Å². The van der Waals surface area contributed by atoms with Crippen LogP contribution in [0.3, 0.4) is 0 Å². The van der Waals surface area contributed by atoms with E-state index in [2.05, 4.69) is 25.9 Å². The maximum atomic E-state index is 5.86. The van der Waals surface area contributed by atoms with Crippen molar-refractivity contribution < 1.29 is 4.74 Å². The molecule has 0 radical (unpaired) electrons. The van der Waals surface area contributed by atoms with E-state index < -0.39 is 0 Å². The van der Waals surface area contributed by atoms with Crippen molar-refractivity contribution >= 4 is 39.1 Å². The zero-order valence-corrected chi connectivity index (χ0v) is 11.8. The van der Waals surface area contributed by atoms with Crippen molar-refractivity contribution in [2.75, 3.05) is 0 Å². The van der Waals surface area contributed by atoms with Crippen molar-refractivity contribution in [1.82, 2.24) is 9.97 Å². The second-order valence-corrected chi connectivity index (χ2v) is 4.88. The largest absolute Gasteiger partial charge is 0.437 e. The summed E-state index contributed by atoms with van der Waals surface area (Å²) in [5.74, 6) is 1.04. The average molecular weight is 334 g/mol. The topological polar surface area (TPSA) is 35.0 Å². The summed E-state index contributed by atoms with van der Waals surface area (Å²) in [5, 5.41) is 0.969. The SMILES string of the molecule is Cc1cc(Cl)ccc1Oc1ncnc(Cl)c1Br. The minimum atomic E-state index is 0.307. The number of rotatable bonds is 2. The van der Waals surface area contributed by atoms with Gasteiger partial charge in [0.1, 0.15) is 16.5 Å². The van der Waals surface area contributed by atoms with E-state index in [9.17, 15) is 0 Å². The van der Waals surface area contributed by atoms with Crippen LogP contribution in [0.5, 0.6) is 11.6 Å². The van der Waals surface area contributed by atoms with Crippen LogP contribution < -0.4 is 4.74 Å². The van der Waals surface area contributed by atoms with Gasteiger partial charge in [-0.2, -0.15) is 0 Å². The Morgan fingerprint density at radius 1 is 1.24 bits per heavy atom. The van der Waals surface area contributed by atoms with Crippen molar-refractivity contribution in [2.45, 2.75) is 6.92 Å². The van der Waals surface area contributed by atoms with Gasteiger partial charge in [0, 0.05) is 5.02 Å². The van der Waals surface area contributed by atoms with Gasteiger partial charge in [-0.05, 0) is 46.6 Å². The second-order valence-electron chi connectivity index (χ2n) is 3.30. The van der Waals surface area contributed by atoms with E-state index in [0.29, 0.717) is 26.3 Å². The monoisotopic (exact) mass is 332 g/mol. The molecule has 2 rings (SSSR count). The molecule has 1 heterocycles. The van der Waals surface area contributed by atoms with E-state index in [0.717, 1.165) is 5.56 Å². The Morgan fingerprint density at radius 2 is 2.00 bits per heavy atom. The Hall–Kier alpha value is -0.840. The normalized spacial score (nSPS) is 10.4. The van der Waals surface area contributed by atoms with Gasteiger partial charge in [0.15, 0.2) is 5.15 Å². The lowest BCUT2D eigenvalue weighted by atomic mass is 10.2. The third kappa shape index (κ3) is 2.89. The fourth-order valence-corrected chi connectivity index (χ4v) is 1.87. The molecule has 0 atom stereocenters. The number of aromatic nitrogens is 2. The van der Waals surface area contributed by atoms with Crippen LogP contribution in [0, 0.1) is 6.92 Å². The van der Waals surface area contributed by atoms with Crippen LogP contribution in [-0.2, 0) is 0 Å². The molecule has 1 aromatic carbocycles. The molecule has 0 amide bonds. The molecule has 3 nitrogen and oxygen atoms in total. The fourth-order valence-electron chi connectivity index (χ4n) is 1.24. The van der Waals surface area contributed by atoms with E-state index in [4.69, 9.17) is 27.9 Å². The summed E-state index contributed by atoms with van der Waals surface area (Å²) in [6.45, 7) is 1.90. The zero-order chi connectivity index (χ0) is 12.4. The molecule has 88 valence electrons. The van der Waals surface area contributed by atoms with Gasteiger partial charge in [-0.25, -0.2) is 9.97 Å². The summed E-state index contributed by atoms with van der Waals surface area (Å²) in [7, 11) is 0. The molecule has 0 N–H and O–H groups in total. The van der Waals surface area contributed by atoms with Crippen LogP contribution in [0.1, 0.15) is 5.56 Å². The first kappa shape index (κ1) is 12.6. The number of nitrogens with zero attached hydrogens (tertiary/aromatic N) is 2. The number of hydrogen-bond donors (Lipinski definition) is 0. The Bertz CT molecular complexity index is 563. The van der Waals surface area contributed by atoms with Crippen molar-refractivity contribution in [3.05, 3.63) is 44.7 Å². The summed E-state index contributed by atoms with van der Waals surface area (Å²) in [6.07, 6.45) is 1.34. The van der Waals surface area contributed by atoms with Crippen LogP contribution in [0.25, 0.3) is 0 Å². The molecule has 0 saturated carbocycles. The van der Waals surface area contributed by atoms with Crippen molar-refractivity contribution in [3.63, 3.8) is 0 Å². The first-order valence-electron chi connectivity index (χ1n) is 4.68. The van der Waals surface area contributed by atoms with Crippen LogP contribution >= 0.6 is 39.1 Å². The predicted octanol–water partition coefficient (Wildman–Crippen LogP) is 4.65. The molecular formula is C11H7BrCl2N2O. The summed E-state index contributed by atoms with van der Waals surface area (Å²) in [6, 6.07) is 5.34. The Balaban J connectivity index is 2.35. The number of ether oxygens (including phenoxy) is 1. The third-order valence-electron chi connectivity index (χ3n) is 2.06. The Labute approximate surface area is 117 Å². The molecule has 0 spiro atoms. The lowest BCUT2D eigenvalue weighted by Gasteiger charge is -2.09. The summed E-state index contributed by atoms with van der Waals surface area (Å²) in [5.41, 5.74) is 0.916. The fraction of sp³-hybridized carbons (Fsp3) is 0.0909. The number of hydrogen-bond acceptors (Lipinski definition) is 3. The third-order valence-corrected chi connectivity index (χ3v) is 3.52. The lowest BCUT2D eigenvalue weighted by molar-refractivity contribution is 0.454. The van der Waals surface area contributed by atoms with Gasteiger partial charge in [-0.1, -0.05) is 23.2 Å². The van der Waals surface area contributed by atoms with E-state index in [1.54, 1.807) is 12.1 Å². The van der Waals surface area contributed by atoms with E-state index in [-0.39, 0.29) is 0 Å². The van der Waals surface area contributed by atoms with E-state index in [1.165, 1.54) is 6.33 Å². The van der Waals surface area contributed by atoms with Gasteiger partial charge in [0.05, 0.1) is 0 Å². The quantitative estimate of drug-likeness (QED) is 0.750. The van der Waals surface area contributed by atoms with Crippen LogP contribution in [0.15, 0.2) is 29.0 Å². The standard InChI is InChI=1S/C11H7BrCl2N2O/c1-6-4-7(13)2-3-8(6)17-11-9(12)10(14)15-5-16-11/h2-5H,1H3. The summed E-state index contributed by atoms with van der Waals surface area (Å²) in [4.78, 5) is 7.82. The molecule has 0 aliphatic rings. The van der Waals surface area contributed by atoms with Gasteiger partial charge in [-0.3, -0.25) is 0 Å².